The first-order valence-corrected chi connectivity index (χ1v) is 6.80. The van der Waals surface area contributed by atoms with Crippen molar-refractivity contribution in [1.82, 2.24) is 10.1 Å². The first-order valence-electron chi connectivity index (χ1n) is 6.80. The fourth-order valence-corrected chi connectivity index (χ4v) is 2.29. The molecule has 4 heteroatoms. The molecule has 3 rings (SSSR count). The van der Waals surface area contributed by atoms with Gasteiger partial charge in [0.2, 0.25) is 0 Å². The number of aryl methyl sites for hydroxylation is 1. The molecule has 1 heterocycles. The van der Waals surface area contributed by atoms with Gasteiger partial charge in [0, 0.05) is 17.5 Å². The van der Waals surface area contributed by atoms with E-state index in [0.717, 1.165) is 16.7 Å². The molecule has 0 amide bonds. The van der Waals surface area contributed by atoms with Crippen molar-refractivity contribution in [1.29, 1.82) is 0 Å². The van der Waals surface area contributed by atoms with Crippen molar-refractivity contribution >= 4 is 0 Å². The molecule has 1 N–H and O–H groups in total. The third-order valence-corrected chi connectivity index (χ3v) is 3.45. The van der Waals surface area contributed by atoms with Gasteiger partial charge in [0.15, 0.2) is 5.82 Å². The molecule has 0 bridgehead atoms. The molecule has 0 radical (unpaired) electrons. The van der Waals surface area contributed by atoms with Crippen LogP contribution in [0.2, 0.25) is 0 Å². The first kappa shape index (κ1) is 13.4. The Labute approximate surface area is 123 Å². The second kappa shape index (κ2) is 5.40. The van der Waals surface area contributed by atoms with Crippen LogP contribution in [-0.4, -0.2) is 15.2 Å². The van der Waals surface area contributed by atoms with Gasteiger partial charge in [0.25, 0.3) is 5.89 Å². The second-order valence-electron chi connectivity index (χ2n) is 5.13. The molecule has 0 spiro atoms. The van der Waals surface area contributed by atoms with Gasteiger partial charge in [-0.3, -0.25) is 0 Å². The summed E-state index contributed by atoms with van der Waals surface area (Å²) in [6.45, 7) is 3.89. The van der Waals surface area contributed by atoms with Crippen LogP contribution >= 0.6 is 0 Å². The van der Waals surface area contributed by atoms with Crippen LogP contribution in [0.1, 0.15) is 22.5 Å². The van der Waals surface area contributed by atoms with E-state index in [0.29, 0.717) is 18.1 Å². The summed E-state index contributed by atoms with van der Waals surface area (Å²) in [4.78, 5) is 4.42. The Morgan fingerprint density at radius 2 is 1.90 bits per heavy atom. The van der Waals surface area contributed by atoms with Crippen molar-refractivity contribution in [3.8, 4) is 17.2 Å². The van der Waals surface area contributed by atoms with E-state index in [2.05, 4.69) is 29.2 Å². The minimum Gasteiger partial charge on any atom is -0.508 e. The van der Waals surface area contributed by atoms with Crippen molar-refractivity contribution in [2.24, 2.45) is 0 Å². The van der Waals surface area contributed by atoms with Gasteiger partial charge in [-0.05, 0) is 31.5 Å². The third-order valence-electron chi connectivity index (χ3n) is 3.45. The summed E-state index contributed by atoms with van der Waals surface area (Å²) in [5, 5.41) is 13.8. The molecule has 1 aromatic heterocycles. The van der Waals surface area contributed by atoms with E-state index in [4.69, 9.17) is 4.52 Å². The van der Waals surface area contributed by atoms with Crippen LogP contribution in [0.15, 0.2) is 47.0 Å². The Bertz CT molecular complexity index is 778. The van der Waals surface area contributed by atoms with E-state index >= 15 is 0 Å². The van der Waals surface area contributed by atoms with Gasteiger partial charge in [-0.25, -0.2) is 0 Å². The lowest BCUT2D eigenvalue weighted by Gasteiger charge is -2.02. The molecule has 0 saturated heterocycles. The van der Waals surface area contributed by atoms with E-state index in [1.807, 2.05) is 25.1 Å². The number of benzene rings is 2. The van der Waals surface area contributed by atoms with Crippen LogP contribution in [0.4, 0.5) is 0 Å². The van der Waals surface area contributed by atoms with Crippen LogP contribution < -0.4 is 0 Å². The minimum atomic E-state index is 0.228. The van der Waals surface area contributed by atoms with Gasteiger partial charge in [0.1, 0.15) is 5.75 Å². The predicted molar refractivity (Wildman–Crippen MR) is 80.1 cm³/mol. The van der Waals surface area contributed by atoms with E-state index < -0.39 is 0 Å². The lowest BCUT2D eigenvalue weighted by atomic mass is 10.1. The number of aromatic nitrogens is 2. The molecule has 3 aromatic rings. The molecular formula is C17H16N2O2. The Hall–Kier alpha value is -2.62. The van der Waals surface area contributed by atoms with Crippen molar-refractivity contribution < 1.29 is 9.63 Å². The minimum absolute atomic E-state index is 0.228. The zero-order valence-corrected chi connectivity index (χ0v) is 12.0. The number of aromatic hydroxyl groups is 1. The molecule has 0 saturated carbocycles. The molecule has 2 aromatic carbocycles. The molecule has 21 heavy (non-hydrogen) atoms. The van der Waals surface area contributed by atoms with Crippen molar-refractivity contribution in [3.05, 3.63) is 65.0 Å². The predicted octanol–water partition coefficient (Wildman–Crippen LogP) is 3.65. The summed E-state index contributed by atoms with van der Waals surface area (Å²) in [6.07, 6.45) is 0.628. The standard InChI is InChI=1S/C17H16N2O2/c1-11-5-3-6-13(9-11)10-16-18-17(21-19-16)14-7-4-8-15(20)12(14)2/h3-9,20H,10H2,1-2H3. The normalized spacial score (nSPS) is 10.8. The van der Waals surface area contributed by atoms with Crippen LogP contribution in [0, 0.1) is 13.8 Å². The highest BCUT2D eigenvalue weighted by atomic mass is 16.5. The molecule has 0 aliphatic heterocycles. The first-order chi connectivity index (χ1) is 10.1. The quantitative estimate of drug-likeness (QED) is 0.795. The third kappa shape index (κ3) is 2.79. The Balaban J connectivity index is 1.88. The molecule has 0 fully saturated rings. The Kier molecular flexibility index (Phi) is 3.44. The van der Waals surface area contributed by atoms with Gasteiger partial charge in [-0.2, -0.15) is 4.98 Å². The highest BCUT2D eigenvalue weighted by Gasteiger charge is 2.13. The number of hydrogen-bond acceptors (Lipinski definition) is 4. The summed E-state index contributed by atoms with van der Waals surface area (Å²) in [5.41, 5.74) is 3.86. The number of rotatable bonds is 3. The van der Waals surface area contributed by atoms with E-state index in [-0.39, 0.29) is 5.75 Å². The van der Waals surface area contributed by atoms with Gasteiger partial charge >= 0.3 is 0 Å². The lowest BCUT2D eigenvalue weighted by Crippen LogP contribution is -1.91. The van der Waals surface area contributed by atoms with E-state index in [1.165, 1.54) is 5.56 Å². The molecule has 0 unspecified atom stereocenters. The Morgan fingerprint density at radius 1 is 1.10 bits per heavy atom. The molecule has 0 aliphatic rings. The van der Waals surface area contributed by atoms with Crippen molar-refractivity contribution in [3.63, 3.8) is 0 Å². The van der Waals surface area contributed by atoms with E-state index in [1.54, 1.807) is 12.1 Å². The summed E-state index contributed by atoms with van der Waals surface area (Å²) >= 11 is 0. The number of phenolic OH excluding ortho intramolecular Hbond substituents is 1. The largest absolute Gasteiger partial charge is 0.508 e. The van der Waals surface area contributed by atoms with Gasteiger partial charge < -0.3 is 9.63 Å². The molecule has 4 nitrogen and oxygen atoms in total. The van der Waals surface area contributed by atoms with Crippen LogP contribution in [0.3, 0.4) is 0 Å². The van der Waals surface area contributed by atoms with Gasteiger partial charge in [0.05, 0.1) is 0 Å². The van der Waals surface area contributed by atoms with Crippen LogP contribution in [-0.2, 0) is 6.42 Å². The maximum absolute atomic E-state index is 9.74. The maximum atomic E-state index is 9.74. The summed E-state index contributed by atoms with van der Waals surface area (Å²) in [5.74, 6) is 1.30. The van der Waals surface area contributed by atoms with Crippen LogP contribution in [0.25, 0.3) is 11.5 Å². The zero-order valence-electron chi connectivity index (χ0n) is 12.0. The van der Waals surface area contributed by atoms with Crippen molar-refractivity contribution in [2.45, 2.75) is 20.3 Å². The maximum Gasteiger partial charge on any atom is 0.258 e. The SMILES string of the molecule is Cc1cccc(Cc2noc(-c3cccc(O)c3C)n2)c1. The Morgan fingerprint density at radius 3 is 2.71 bits per heavy atom. The fourth-order valence-electron chi connectivity index (χ4n) is 2.29. The molecule has 0 atom stereocenters. The van der Waals surface area contributed by atoms with Gasteiger partial charge in [-0.1, -0.05) is 41.1 Å². The van der Waals surface area contributed by atoms with Crippen molar-refractivity contribution in [2.75, 3.05) is 0 Å². The molecule has 0 aliphatic carbocycles. The molecular weight excluding hydrogens is 264 g/mol. The monoisotopic (exact) mass is 280 g/mol. The van der Waals surface area contributed by atoms with E-state index in [9.17, 15) is 5.11 Å². The smallest absolute Gasteiger partial charge is 0.258 e. The van der Waals surface area contributed by atoms with Gasteiger partial charge in [-0.15, -0.1) is 0 Å². The molecule has 106 valence electrons. The number of nitrogens with zero attached hydrogens (tertiary/aromatic N) is 2. The fraction of sp³-hybridized carbons (Fsp3) is 0.176. The highest BCUT2D eigenvalue weighted by Crippen LogP contribution is 2.28. The lowest BCUT2D eigenvalue weighted by molar-refractivity contribution is 0.422. The summed E-state index contributed by atoms with van der Waals surface area (Å²) in [7, 11) is 0. The average molecular weight is 280 g/mol. The summed E-state index contributed by atoms with van der Waals surface area (Å²) in [6, 6.07) is 13.5. The summed E-state index contributed by atoms with van der Waals surface area (Å²) < 4.78 is 5.32. The van der Waals surface area contributed by atoms with Crippen LogP contribution in [0.5, 0.6) is 5.75 Å². The number of hydrogen-bond donors (Lipinski definition) is 1. The highest BCUT2D eigenvalue weighted by molar-refractivity contribution is 5.61. The number of phenols is 1. The topological polar surface area (TPSA) is 59.2 Å². The second-order valence-corrected chi connectivity index (χ2v) is 5.13. The average Bonchev–Trinajstić information content (AvgIpc) is 2.90. The zero-order chi connectivity index (χ0) is 14.8.